The van der Waals surface area contributed by atoms with E-state index in [2.05, 4.69) is 0 Å². The average Bonchev–Trinajstić information content (AvgIpc) is 2.23. The van der Waals surface area contributed by atoms with E-state index in [0.29, 0.717) is 17.2 Å². The van der Waals surface area contributed by atoms with Crippen molar-refractivity contribution in [2.45, 2.75) is 45.4 Å². The van der Waals surface area contributed by atoms with E-state index in [4.69, 9.17) is 22.1 Å². The summed E-state index contributed by atoms with van der Waals surface area (Å²) < 4.78 is 5.69. The fourth-order valence-corrected chi connectivity index (χ4v) is 1.91. The van der Waals surface area contributed by atoms with Crippen molar-refractivity contribution in [2.24, 2.45) is 5.73 Å². The molecule has 0 aromatic heterocycles. The smallest absolute Gasteiger partial charge is 0.150 e. The molecule has 4 heteroatoms. The summed E-state index contributed by atoms with van der Waals surface area (Å²) in [5.41, 5.74) is 5.40. The van der Waals surface area contributed by atoms with Gasteiger partial charge < -0.3 is 15.6 Å². The summed E-state index contributed by atoms with van der Waals surface area (Å²) in [6.45, 7) is 5.62. The molecule has 0 amide bonds. The number of hydrogen-bond acceptors (Lipinski definition) is 3. The Labute approximate surface area is 108 Å². The van der Waals surface area contributed by atoms with Gasteiger partial charge in [-0.15, -0.1) is 0 Å². The van der Waals surface area contributed by atoms with Crippen LogP contribution in [0.5, 0.6) is 5.75 Å². The molecule has 0 saturated heterocycles. The minimum Gasteiger partial charge on any atom is -0.484 e. The van der Waals surface area contributed by atoms with Crippen LogP contribution in [0.25, 0.3) is 0 Å². The SMILES string of the molecule is CCCC(N)(O)C(C)Oc1c(C)cccc1Cl. The van der Waals surface area contributed by atoms with Crippen LogP contribution in [0.3, 0.4) is 0 Å². The van der Waals surface area contributed by atoms with Crippen LogP contribution < -0.4 is 10.5 Å². The van der Waals surface area contributed by atoms with Crippen LogP contribution in [0.4, 0.5) is 0 Å². The molecule has 0 aliphatic carbocycles. The van der Waals surface area contributed by atoms with E-state index in [0.717, 1.165) is 12.0 Å². The molecule has 2 atom stereocenters. The summed E-state index contributed by atoms with van der Waals surface area (Å²) in [5.74, 6) is 0.585. The van der Waals surface area contributed by atoms with E-state index >= 15 is 0 Å². The Morgan fingerprint density at radius 2 is 2.18 bits per heavy atom. The van der Waals surface area contributed by atoms with E-state index in [1.165, 1.54) is 0 Å². The maximum atomic E-state index is 10.0. The zero-order chi connectivity index (χ0) is 13.1. The number of para-hydroxylation sites is 1. The molecule has 0 bridgehead atoms. The molecule has 0 heterocycles. The second kappa shape index (κ2) is 5.71. The maximum absolute atomic E-state index is 10.0. The molecule has 0 fully saturated rings. The summed E-state index contributed by atoms with van der Waals surface area (Å²) in [5, 5.41) is 10.6. The summed E-state index contributed by atoms with van der Waals surface area (Å²) >= 11 is 6.05. The Balaban J connectivity index is 2.84. The third kappa shape index (κ3) is 3.60. The molecule has 1 rings (SSSR count). The predicted molar refractivity (Wildman–Crippen MR) is 70.3 cm³/mol. The Morgan fingerprint density at radius 3 is 2.71 bits per heavy atom. The van der Waals surface area contributed by atoms with Crippen LogP contribution >= 0.6 is 11.6 Å². The lowest BCUT2D eigenvalue weighted by molar-refractivity contribution is -0.0554. The number of aliphatic hydroxyl groups is 1. The molecule has 1 aromatic rings. The van der Waals surface area contributed by atoms with Crippen LogP contribution in [-0.4, -0.2) is 16.9 Å². The van der Waals surface area contributed by atoms with Gasteiger partial charge in [-0.2, -0.15) is 0 Å². The molecular weight excluding hydrogens is 238 g/mol. The molecule has 0 radical (unpaired) electrons. The topological polar surface area (TPSA) is 55.5 Å². The van der Waals surface area contributed by atoms with E-state index in [1.54, 1.807) is 13.0 Å². The van der Waals surface area contributed by atoms with Crippen LogP contribution in [0.15, 0.2) is 18.2 Å². The zero-order valence-corrected chi connectivity index (χ0v) is 11.3. The standard InChI is InChI=1S/C13H20ClNO2/c1-4-8-13(15,16)10(3)17-12-9(2)6-5-7-11(12)14/h5-7,10,16H,4,8,15H2,1-3H3. The number of rotatable bonds is 5. The van der Waals surface area contributed by atoms with Crippen molar-refractivity contribution in [3.8, 4) is 5.75 Å². The second-order valence-corrected chi connectivity index (χ2v) is 4.79. The van der Waals surface area contributed by atoms with Gasteiger partial charge in [-0.3, -0.25) is 0 Å². The van der Waals surface area contributed by atoms with E-state index in [-0.39, 0.29) is 0 Å². The molecule has 2 unspecified atom stereocenters. The van der Waals surface area contributed by atoms with Gasteiger partial charge in [0.2, 0.25) is 0 Å². The van der Waals surface area contributed by atoms with E-state index in [9.17, 15) is 5.11 Å². The second-order valence-electron chi connectivity index (χ2n) is 4.39. The van der Waals surface area contributed by atoms with Gasteiger partial charge in [0.15, 0.2) is 0 Å². The quantitative estimate of drug-likeness (QED) is 0.798. The Kier molecular flexibility index (Phi) is 4.80. The predicted octanol–water partition coefficient (Wildman–Crippen LogP) is 2.86. The minimum atomic E-state index is -1.33. The average molecular weight is 258 g/mol. The van der Waals surface area contributed by atoms with Gasteiger partial charge in [0.05, 0.1) is 5.02 Å². The number of ether oxygens (including phenoxy) is 1. The minimum absolute atomic E-state index is 0.484. The summed E-state index contributed by atoms with van der Waals surface area (Å²) in [7, 11) is 0. The number of benzene rings is 1. The lowest BCUT2D eigenvalue weighted by Crippen LogP contribution is -2.52. The van der Waals surface area contributed by atoms with Crippen LogP contribution in [0.2, 0.25) is 5.02 Å². The highest BCUT2D eigenvalue weighted by Gasteiger charge is 2.30. The van der Waals surface area contributed by atoms with Gasteiger partial charge in [-0.25, -0.2) is 0 Å². The zero-order valence-electron chi connectivity index (χ0n) is 10.5. The van der Waals surface area contributed by atoms with Crippen molar-refractivity contribution >= 4 is 11.6 Å². The number of halogens is 1. The van der Waals surface area contributed by atoms with Gasteiger partial charge in [0.25, 0.3) is 0 Å². The fraction of sp³-hybridized carbons (Fsp3) is 0.538. The largest absolute Gasteiger partial charge is 0.484 e. The maximum Gasteiger partial charge on any atom is 0.150 e. The van der Waals surface area contributed by atoms with Gasteiger partial charge in [0, 0.05) is 0 Å². The highest BCUT2D eigenvalue weighted by atomic mass is 35.5. The van der Waals surface area contributed by atoms with Crippen molar-refractivity contribution in [1.82, 2.24) is 0 Å². The summed E-state index contributed by atoms with van der Waals surface area (Å²) in [4.78, 5) is 0. The first-order valence-corrected chi connectivity index (χ1v) is 6.19. The first-order valence-electron chi connectivity index (χ1n) is 5.81. The van der Waals surface area contributed by atoms with Gasteiger partial charge in [-0.05, 0) is 31.9 Å². The fourth-order valence-electron chi connectivity index (χ4n) is 1.65. The Hall–Kier alpha value is -0.770. The van der Waals surface area contributed by atoms with Gasteiger partial charge in [-0.1, -0.05) is 37.1 Å². The molecule has 17 heavy (non-hydrogen) atoms. The molecule has 3 N–H and O–H groups in total. The number of aryl methyl sites for hydroxylation is 1. The van der Waals surface area contributed by atoms with Crippen LogP contribution in [0, 0.1) is 6.92 Å². The van der Waals surface area contributed by atoms with Crippen LogP contribution in [-0.2, 0) is 0 Å². The first kappa shape index (κ1) is 14.3. The monoisotopic (exact) mass is 257 g/mol. The molecule has 0 aliphatic rings. The van der Waals surface area contributed by atoms with Gasteiger partial charge >= 0.3 is 0 Å². The molecule has 0 aliphatic heterocycles. The third-order valence-corrected chi connectivity index (χ3v) is 3.11. The lowest BCUT2D eigenvalue weighted by Gasteiger charge is -2.30. The van der Waals surface area contributed by atoms with Crippen molar-refractivity contribution in [3.05, 3.63) is 28.8 Å². The Morgan fingerprint density at radius 1 is 1.53 bits per heavy atom. The van der Waals surface area contributed by atoms with E-state index in [1.807, 2.05) is 26.0 Å². The van der Waals surface area contributed by atoms with Crippen molar-refractivity contribution in [2.75, 3.05) is 0 Å². The number of nitrogens with two attached hydrogens (primary N) is 1. The van der Waals surface area contributed by atoms with E-state index < -0.39 is 11.8 Å². The normalized spacial score (nSPS) is 16.4. The molecule has 0 saturated carbocycles. The summed E-state index contributed by atoms with van der Waals surface area (Å²) in [6.07, 6.45) is 0.765. The molecule has 1 aromatic carbocycles. The number of hydrogen-bond donors (Lipinski definition) is 2. The highest BCUT2D eigenvalue weighted by Crippen LogP contribution is 2.30. The van der Waals surface area contributed by atoms with Crippen molar-refractivity contribution in [3.63, 3.8) is 0 Å². The molecular formula is C13H20ClNO2. The van der Waals surface area contributed by atoms with Crippen molar-refractivity contribution in [1.29, 1.82) is 0 Å². The van der Waals surface area contributed by atoms with Gasteiger partial charge in [0.1, 0.15) is 17.6 Å². The lowest BCUT2D eigenvalue weighted by atomic mass is 10.0. The van der Waals surface area contributed by atoms with Crippen molar-refractivity contribution < 1.29 is 9.84 Å². The first-order chi connectivity index (χ1) is 7.88. The van der Waals surface area contributed by atoms with Crippen LogP contribution in [0.1, 0.15) is 32.3 Å². The summed E-state index contributed by atoms with van der Waals surface area (Å²) in [6, 6.07) is 5.52. The third-order valence-electron chi connectivity index (χ3n) is 2.81. The highest BCUT2D eigenvalue weighted by molar-refractivity contribution is 6.32. The molecule has 0 spiro atoms. The Bertz CT molecular complexity index is 359. The molecule has 3 nitrogen and oxygen atoms in total. The molecule has 96 valence electrons.